The SMILES string of the molecule is Cc1ccc(S)c(-c2ccccc2F)c1C. The van der Waals surface area contributed by atoms with Crippen LogP contribution in [-0.4, -0.2) is 0 Å². The molecule has 0 saturated carbocycles. The predicted octanol–water partition coefficient (Wildman–Crippen LogP) is 4.40. The van der Waals surface area contributed by atoms with Crippen molar-refractivity contribution in [3.05, 3.63) is 53.3 Å². The Labute approximate surface area is 101 Å². The lowest BCUT2D eigenvalue weighted by Crippen LogP contribution is -1.92. The normalized spacial score (nSPS) is 10.5. The summed E-state index contributed by atoms with van der Waals surface area (Å²) in [7, 11) is 0. The van der Waals surface area contributed by atoms with E-state index in [9.17, 15) is 4.39 Å². The Morgan fingerprint density at radius 2 is 1.69 bits per heavy atom. The molecule has 0 heterocycles. The molecule has 0 bridgehead atoms. The summed E-state index contributed by atoms with van der Waals surface area (Å²) in [5.74, 6) is -0.202. The first kappa shape index (κ1) is 11.2. The maximum atomic E-state index is 13.7. The topological polar surface area (TPSA) is 0 Å². The van der Waals surface area contributed by atoms with Crippen LogP contribution in [0.4, 0.5) is 4.39 Å². The molecule has 0 N–H and O–H groups in total. The highest BCUT2D eigenvalue weighted by Crippen LogP contribution is 2.33. The quantitative estimate of drug-likeness (QED) is 0.692. The molecule has 82 valence electrons. The minimum absolute atomic E-state index is 0.202. The minimum atomic E-state index is -0.202. The minimum Gasteiger partial charge on any atom is -0.206 e. The van der Waals surface area contributed by atoms with Crippen molar-refractivity contribution in [1.82, 2.24) is 0 Å². The zero-order valence-electron chi connectivity index (χ0n) is 9.29. The molecule has 2 heteroatoms. The first-order chi connectivity index (χ1) is 7.61. The Hall–Kier alpha value is -1.28. The molecule has 0 saturated heterocycles. The van der Waals surface area contributed by atoms with Gasteiger partial charge in [-0.2, -0.15) is 0 Å². The van der Waals surface area contributed by atoms with Gasteiger partial charge in [0.15, 0.2) is 0 Å². The third kappa shape index (κ3) is 1.85. The van der Waals surface area contributed by atoms with E-state index in [1.54, 1.807) is 12.1 Å². The third-order valence-corrected chi connectivity index (χ3v) is 3.23. The number of hydrogen-bond donors (Lipinski definition) is 1. The highest BCUT2D eigenvalue weighted by Gasteiger charge is 2.11. The molecule has 0 nitrogen and oxygen atoms in total. The molecule has 0 atom stereocenters. The van der Waals surface area contributed by atoms with Crippen molar-refractivity contribution in [2.45, 2.75) is 18.7 Å². The smallest absolute Gasteiger partial charge is 0.131 e. The fourth-order valence-corrected chi connectivity index (χ4v) is 2.17. The van der Waals surface area contributed by atoms with E-state index in [1.165, 1.54) is 6.07 Å². The van der Waals surface area contributed by atoms with Crippen LogP contribution in [0.3, 0.4) is 0 Å². The van der Waals surface area contributed by atoms with Crippen molar-refractivity contribution >= 4 is 12.6 Å². The second kappa shape index (κ2) is 4.30. The second-order valence-electron chi connectivity index (χ2n) is 3.88. The van der Waals surface area contributed by atoms with E-state index in [1.807, 2.05) is 32.0 Å². The summed E-state index contributed by atoms with van der Waals surface area (Å²) in [6.45, 7) is 4.02. The van der Waals surface area contributed by atoms with E-state index in [0.717, 1.165) is 21.6 Å². The Balaban J connectivity index is 2.74. The predicted molar refractivity (Wildman–Crippen MR) is 68.6 cm³/mol. The van der Waals surface area contributed by atoms with Gasteiger partial charge < -0.3 is 0 Å². The van der Waals surface area contributed by atoms with Crippen LogP contribution in [0.1, 0.15) is 11.1 Å². The summed E-state index contributed by atoms with van der Waals surface area (Å²) >= 11 is 4.41. The number of aryl methyl sites for hydroxylation is 1. The van der Waals surface area contributed by atoms with E-state index < -0.39 is 0 Å². The van der Waals surface area contributed by atoms with Crippen molar-refractivity contribution in [3.8, 4) is 11.1 Å². The van der Waals surface area contributed by atoms with Gasteiger partial charge >= 0.3 is 0 Å². The van der Waals surface area contributed by atoms with Crippen LogP contribution in [0.5, 0.6) is 0 Å². The number of halogens is 1. The standard InChI is InChI=1S/C14H13FS/c1-9-7-8-13(16)14(10(9)2)11-5-3-4-6-12(11)15/h3-8,16H,1-2H3. The summed E-state index contributed by atoms with van der Waals surface area (Å²) < 4.78 is 13.7. The molecule has 0 radical (unpaired) electrons. The molecular weight excluding hydrogens is 219 g/mol. The van der Waals surface area contributed by atoms with Gasteiger partial charge in [0.1, 0.15) is 5.82 Å². The fourth-order valence-electron chi connectivity index (χ4n) is 1.81. The molecule has 2 rings (SSSR count). The average molecular weight is 232 g/mol. The number of benzene rings is 2. The summed E-state index contributed by atoms with van der Waals surface area (Å²) in [4.78, 5) is 0.813. The van der Waals surface area contributed by atoms with Gasteiger partial charge in [-0.1, -0.05) is 24.3 Å². The molecule has 0 aromatic heterocycles. The fraction of sp³-hybridized carbons (Fsp3) is 0.143. The van der Waals surface area contributed by atoms with Gasteiger partial charge in [-0.25, -0.2) is 4.39 Å². The van der Waals surface area contributed by atoms with Crippen molar-refractivity contribution in [1.29, 1.82) is 0 Å². The Bertz CT molecular complexity index is 532. The number of rotatable bonds is 1. The molecule has 0 spiro atoms. The van der Waals surface area contributed by atoms with Crippen LogP contribution in [0.25, 0.3) is 11.1 Å². The number of hydrogen-bond acceptors (Lipinski definition) is 1. The van der Waals surface area contributed by atoms with Crippen molar-refractivity contribution in [2.75, 3.05) is 0 Å². The molecule has 16 heavy (non-hydrogen) atoms. The summed E-state index contributed by atoms with van der Waals surface area (Å²) in [6, 6.07) is 10.7. The second-order valence-corrected chi connectivity index (χ2v) is 4.36. The summed E-state index contributed by atoms with van der Waals surface area (Å²) in [5.41, 5.74) is 3.74. The summed E-state index contributed by atoms with van der Waals surface area (Å²) in [6.07, 6.45) is 0. The highest BCUT2D eigenvalue weighted by atomic mass is 32.1. The molecule has 0 unspecified atom stereocenters. The largest absolute Gasteiger partial charge is 0.206 e. The molecule has 0 aliphatic rings. The zero-order chi connectivity index (χ0) is 11.7. The number of thiol groups is 1. The highest BCUT2D eigenvalue weighted by molar-refractivity contribution is 7.80. The van der Waals surface area contributed by atoms with Gasteiger partial charge in [0.25, 0.3) is 0 Å². The molecule has 2 aromatic carbocycles. The van der Waals surface area contributed by atoms with Crippen molar-refractivity contribution < 1.29 is 4.39 Å². The Morgan fingerprint density at radius 1 is 1.00 bits per heavy atom. The van der Waals surface area contributed by atoms with Crippen LogP contribution in [0.15, 0.2) is 41.3 Å². The van der Waals surface area contributed by atoms with Crippen molar-refractivity contribution in [3.63, 3.8) is 0 Å². The van der Waals surface area contributed by atoms with Crippen molar-refractivity contribution in [2.24, 2.45) is 0 Å². The third-order valence-electron chi connectivity index (χ3n) is 2.86. The van der Waals surface area contributed by atoms with Gasteiger partial charge in [0, 0.05) is 16.0 Å². The Kier molecular flexibility index (Phi) is 3.01. The van der Waals surface area contributed by atoms with E-state index in [4.69, 9.17) is 0 Å². The molecule has 0 amide bonds. The molecule has 0 aliphatic heterocycles. The maximum Gasteiger partial charge on any atom is 0.131 e. The first-order valence-electron chi connectivity index (χ1n) is 5.15. The van der Waals surface area contributed by atoms with Crippen LogP contribution < -0.4 is 0 Å². The van der Waals surface area contributed by atoms with Gasteiger partial charge in [-0.05, 0) is 37.1 Å². The van der Waals surface area contributed by atoms with E-state index in [0.29, 0.717) is 5.56 Å². The monoisotopic (exact) mass is 232 g/mol. The van der Waals surface area contributed by atoms with E-state index in [-0.39, 0.29) is 5.82 Å². The van der Waals surface area contributed by atoms with Crippen LogP contribution in [0.2, 0.25) is 0 Å². The van der Waals surface area contributed by atoms with E-state index >= 15 is 0 Å². The Morgan fingerprint density at radius 3 is 2.38 bits per heavy atom. The van der Waals surface area contributed by atoms with Gasteiger partial charge in [0.05, 0.1) is 0 Å². The lowest BCUT2D eigenvalue weighted by Gasteiger charge is -2.12. The van der Waals surface area contributed by atoms with Crippen LogP contribution in [-0.2, 0) is 0 Å². The van der Waals surface area contributed by atoms with Gasteiger partial charge in [-0.3, -0.25) is 0 Å². The van der Waals surface area contributed by atoms with Crippen LogP contribution in [0, 0.1) is 19.7 Å². The zero-order valence-corrected chi connectivity index (χ0v) is 10.2. The van der Waals surface area contributed by atoms with Gasteiger partial charge in [0.2, 0.25) is 0 Å². The summed E-state index contributed by atoms with van der Waals surface area (Å²) in [5, 5.41) is 0. The van der Waals surface area contributed by atoms with Gasteiger partial charge in [-0.15, -0.1) is 12.6 Å². The van der Waals surface area contributed by atoms with E-state index in [2.05, 4.69) is 12.6 Å². The molecule has 0 fully saturated rings. The maximum absolute atomic E-state index is 13.7. The molecule has 0 aliphatic carbocycles. The lowest BCUT2D eigenvalue weighted by atomic mass is 9.96. The first-order valence-corrected chi connectivity index (χ1v) is 5.60. The molecule has 2 aromatic rings. The lowest BCUT2D eigenvalue weighted by molar-refractivity contribution is 0.631. The van der Waals surface area contributed by atoms with Crippen LogP contribution >= 0.6 is 12.6 Å². The molecular formula is C14H13FS. The average Bonchev–Trinajstić information content (AvgIpc) is 2.27.